The molecule has 1 N–H and O–H groups in total. The van der Waals surface area contributed by atoms with Crippen molar-refractivity contribution in [2.45, 2.75) is 52.0 Å². The van der Waals surface area contributed by atoms with Gasteiger partial charge in [-0.1, -0.05) is 13.3 Å². The molecule has 0 bridgehead atoms. The average molecular weight is 168 g/mol. The normalized spacial score (nSPS) is 21.0. The van der Waals surface area contributed by atoms with Crippen LogP contribution < -0.4 is 5.32 Å². The number of amidine groups is 1. The van der Waals surface area contributed by atoms with Gasteiger partial charge in [-0.15, -0.1) is 0 Å². The van der Waals surface area contributed by atoms with Gasteiger partial charge in [0.2, 0.25) is 0 Å². The largest absolute Gasteiger partial charge is 0.371 e. The Morgan fingerprint density at radius 2 is 2.25 bits per heavy atom. The number of rotatable bonds is 2. The highest BCUT2D eigenvalue weighted by Gasteiger charge is 2.05. The number of hydrogen-bond donors (Lipinski definition) is 1. The van der Waals surface area contributed by atoms with Crippen molar-refractivity contribution in [3.8, 4) is 0 Å². The summed E-state index contributed by atoms with van der Waals surface area (Å²) in [5.41, 5.74) is 0. The second-order valence-corrected chi connectivity index (χ2v) is 3.59. The lowest BCUT2D eigenvalue weighted by atomic mass is 10.2. The molecule has 1 rings (SSSR count). The molecule has 1 aliphatic heterocycles. The van der Waals surface area contributed by atoms with Crippen molar-refractivity contribution < 1.29 is 0 Å². The van der Waals surface area contributed by atoms with Gasteiger partial charge in [0.1, 0.15) is 0 Å². The van der Waals surface area contributed by atoms with Crippen molar-refractivity contribution in [1.82, 2.24) is 5.32 Å². The summed E-state index contributed by atoms with van der Waals surface area (Å²) in [7, 11) is 0. The minimum Gasteiger partial charge on any atom is -0.371 e. The Hall–Kier alpha value is -0.530. The Morgan fingerprint density at radius 3 is 3.00 bits per heavy atom. The third-order valence-electron chi connectivity index (χ3n) is 2.40. The van der Waals surface area contributed by atoms with Crippen LogP contribution in [0.15, 0.2) is 4.99 Å². The van der Waals surface area contributed by atoms with Crippen molar-refractivity contribution in [3.05, 3.63) is 0 Å². The van der Waals surface area contributed by atoms with Crippen LogP contribution in [0.4, 0.5) is 0 Å². The molecule has 0 aromatic rings. The highest BCUT2D eigenvalue weighted by Crippen LogP contribution is 2.06. The molecule has 2 heteroatoms. The number of aliphatic imine (C=N–C) groups is 1. The summed E-state index contributed by atoms with van der Waals surface area (Å²) < 4.78 is 0. The molecule has 1 heterocycles. The van der Waals surface area contributed by atoms with Crippen molar-refractivity contribution in [2.75, 3.05) is 6.54 Å². The molecule has 2 nitrogen and oxygen atoms in total. The van der Waals surface area contributed by atoms with Crippen molar-refractivity contribution in [1.29, 1.82) is 0 Å². The Kier molecular flexibility index (Phi) is 4.12. The van der Waals surface area contributed by atoms with Gasteiger partial charge >= 0.3 is 0 Å². The number of nitrogens with one attached hydrogen (secondary N) is 1. The molecule has 0 aliphatic carbocycles. The summed E-state index contributed by atoms with van der Waals surface area (Å²) in [6.07, 6.45) is 6.26. The molecule has 0 saturated heterocycles. The van der Waals surface area contributed by atoms with Crippen molar-refractivity contribution in [3.63, 3.8) is 0 Å². The van der Waals surface area contributed by atoms with Gasteiger partial charge in [-0.05, 0) is 26.2 Å². The first-order valence-electron chi connectivity index (χ1n) is 5.12. The third kappa shape index (κ3) is 3.24. The number of hydrogen-bond acceptors (Lipinski definition) is 2. The second kappa shape index (κ2) is 5.18. The monoisotopic (exact) mass is 168 g/mol. The maximum absolute atomic E-state index is 4.52. The van der Waals surface area contributed by atoms with Crippen LogP contribution >= 0.6 is 0 Å². The lowest BCUT2D eigenvalue weighted by Crippen LogP contribution is -2.31. The SMILES string of the molecule is CCC(C)NC1=NCCCCC1. The quantitative estimate of drug-likeness (QED) is 0.672. The highest BCUT2D eigenvalue weighted by molar-refractivity contribution is 5.82. The van der Waals surface area contributed by atoms with E-state index in [1.54, 1.807) is 0 Å². The maximum Gasteiger partial charge on any atom is 0.0965 e. The van der Waals surface area contributed by atoms with E-state index in [-0.39, 0.29) is 0 Å². The van der Waals surface area contributed by atoms with Gasteiger partial charge in [-0.25, -0.2) is 0 Å². The van der Waals surface area contributed by atoms with E-state index in [1.165, 1.54) is 31.5 Å². The van der Waals surface area contributed by atoms with Crippen LogP contribution in [0.25, 0.3) is 0 Å². The molecule has 0 fully saturated rings. The van der Waals surface area contributed by atoms with Gasteiger partial charge in [-0.3, -0.25) is 4.99 Å². The number of nitrogens with zero attached hydrogens (tertiary/aromatic N) is 1. The standard InChI is InChI=1S/C10H20N2/c1-3-9(2)12-10-7-5-4-6-8-11-10/h9H,3-8H2,1-2H3,(H,11,12). The zero-order chi connectivity index (χ0) is 8.81. The molecule has 0 amide bonds. The molecular formula is C10H20N2. The Labute approximate surface area is 75.5 Å². The second-order valence-electron chi connectivity index (χ2n) is 3.59. The average Bonchev–Trinajstić information content (AvgIpc) is 2.33. The Morgan fingerprint density at radius 1 is 1.42 bits per heavy atom. The van der Waals surface area contributed by atoms with Crippen LogP contribution in [-0.4, -0.2) is 18.4 Å². The predicted octanol–water partition coefficient (Wildman–Crippen LogP) is 2.35. The third-order valence-corrected chi connectivity index (χ3v) is 2.40. The fourth-order valence-electron chi connectivity index (χ4n) is 1.38. The maximum atomic E-state index is 4.52. The molecule has 0 aromatic heterocycles. The van der Waals surface area contributed by atoms with Gasteiger partial charge in [0.15, 0.2) is 0 Å². The molecule has 70 valence electrons. The molecule has 0 radical (unpaired) electrons. The summed E-state index contributed by atoms with van der Waals surface area (Å²) in [5, 5.41) is 3.46. The minimum atomic E-state index is 0.585. The van der Waals surface area contributed by atoms with Gasteiger partial charge in [0, 0.05) is 19.0 Å². The summed E-state index contributed by atoms with van der Waals surface area (Å²) >= 11 is 0. The van der Waals surface area contributed by atoms with Gasteiger partial charge in [0.05, 0.1) is 5.84 Å². The Bertz CT molecular complexity index is 152. The minimum absolute atomic E-state index is 0.585. The fourth-order valence-corrected chi connectivity index (χ4v) is 1.38. The van der Waals surface area contributed by atoms with Crippen LogP contribution in [0.3, 0.4) is 0 Å². The van der Waals surface area contributed by atoms with E-state index in [0.29, 0.717) is 6.04 Å². The van der Waals surface area contributed by atoms with Crippen LogP contribution in [0, 0.1) is 0 Å². The van der Waals surface area contributed by atoms with Gasteiger partial charge in [-0.2, -0.15) is 0 Å². The van der Waals surface area contributed by atoms with E-state index in [1.807, 2.05) is 0 Å². The van der Waals surface area contributed by atoms with Crippen molar-refractivity contribution in [2.24, 2.45) is 4.99 Å². The topological polar surface area (TPSA) is 24.4 Å². The summed E-state index contributed by atoms with van der Waals surface area (Å²) in [6.45, 7) is 5.45. The molecule has 1 atom stereocenters. The smallest absolute Gasteiger partial charge is 0.0965 e. The van der Waals surface area contributed by atoms with Gasteiger partial charge < -0.3 is 5.32 Å². The van der Waals surface area contributed by atoms with Gasteiger partial charge in [0.25, 0.3) is 0 Å². The van der Waals surface area contributed by atoms with Crippen LogP contribution in [-0.2, 0) is 0 Å². The van der Waals surface area contributed by atoms with E-state index < -0.39 is 0 Å². The Balaban J connectivity index is 2.33. The highest BCUT2D eigenvalue weighted by atomic mass is 15.0. The first-order chi connectivity index (χ1) is 5.83. The molecule has 12 heavy (non-hydrogen) atoms. The van der Waals surface area contributed by atoms with E-state index in [9.17, 15) is 0 Å². The molecule has 0 saturated carbocycles. The summed E-state index contributed by atoms with van der Waals surface area (Å²) in [6, 6.07) is 0.585. The van der Waals surface area contributed by atoms with E-state index in [4.69, 9.17) is 0 Å². The molecule has 0 spiro atoms. The zero-order valence-electron chi connectivity index (χ0n) is 8.27. The van der Waals surface area contributed by atoms with E-state index >= 15 is 0 Å². The van der Waals surface area contributed by atoms with E-state index in [0.717, 1.165) is 13.0 Å². The molecular weight excluding hydrogens is 148 g/mol. The molecule has 1 unspecified atom stereocenters. The first-order valence-corrected chi connectivity index (χ1v) is 5.12. The summed E-state index contributed by atoms with van der Waals surface area (Å²) in [5.74, 6) is 1.24. The summed E-state index contributed by atoms with van der Waals surface area (Å²) in [4.78, 5) is 4.52. The van der Waals surface area contributed by atoms with Crippen LogP contribution in [0.5, 0.6) is 0 Å². The lowest BCUT2D eigenvalue weighted by molar-refractivity contribution is 0.631. The zero-order valence-corrected chi connectivity index (χ0v) is 8.27. The molecule has 0 aromatic carbocycles. The van der Waals surface area contributed by atoms with Crippen molar-refractivity contribution >= 4 is 5.84 Å². The fraction of sp³-hybridized carbons (Fsp3) is 0.900. The molecule has 1 aliphatic rings. The lowest BCUT2D eigenvalue weighted by Gasteiger charge is -2.13. The van der Waals surface area contributed by atoms with Crippen LogP contribution in [0.2, 0.25) is 0 Å². The van der Waals surface area contributed by atoms with E-state index in [2.05, 4.69) is 24.2 Å². The van der Waals surface area contributed by atoms with Crippen LogP contribution in [0.1, 0.15) is 46.0 Å². The predicted molar refractivity (Wildman–Crippen MR) is 53.7 cm³/mol. The first kappa shape index (κ1) is 9.56.